The Morgan fingerprint density at radius 1 is 1.12 bits per heavy atom. The topological polar surface area (TPSA) is 37.7 Å². The first-order chi connectivity index (χ1) is 12.1. The predicted octanol–water partition coefficient (Wildman–Crippen LogP) is 2.86. The first kappa shape index (κ1) is 18.2. The Morgan fingerprint density at radius 2 is 1.84 bits per heavy atom. The first-order valence-electron chi connectivity index (χ1n) is 8.53. The van der Waals surface area contributed by atoms with Crippen LogP contribution in [0.25, 0.3) is 11.3 Å². The van der Waals surface area contributed by atoms with Crippen molar-refractivity contribution in [3.8, 4) is 11.3 Å². The number of benzene rings is 1. The fraction of sp³-hybridized carbons (Fsp3) is 0.421. The predicted molar refractivity (Wildman–Crippen MR) is 103 cm³/mol. The highest BCUT2D eigenvalue weighted by atomic mass is 79.9. The minimum atomic E-state index is 0.104. The fourth-order valence-electron chi connectivity index (χ4n) is 3.22. The molecule has 134 valence electrons. The summed E-state index contributed by atoms with van der Waals surface area (Å²) in [6.07, 6.45) is 0. The molecule has 0 unspecified atom stereocenters. The van der Waals surface area contributed by atoms with Crippen LogP contribution in [0.5, 0.6) is 0 Å². The van der Waals surface area contributed by atoms with Gasteiger partial charge in [-0.3, -0.25) is 9.69 Å². The van der Waals surface area contributed by atoms with E-state index in [-0.39, 0.29) is 5.91 Å². The Labute approximate surface area is 157 Å². The normalized spacial score (nSPS) is 15.6. The number of ether oxygens (including phenoxy) is 1. The second-order valence-electron chi connectivity index (χ2n) is 6.27. The molecule has 1 aromatic carbocycles. The highest BCUT2D eigenvalue weighted by molar-refractivity contribution is 9.10. The Hall–Kier alpha value is -1.63. The van der Waals surface area contributed by atoms with Crippen LogP contribution < -0.4 is 0 Å². The van der Waals surface area contributed by atoms with E-state index in [1.807, 2.05) is 46.8 Å². The lowest BCUT2D eigenvalue weighted by molar-refractivity contribution is 0.0586. The number of nitrogens with zero attached hydrogens (tertiary/aromatic N) is 3. The molecule has 0 spiro atoms. The number of halogens is 1. The molecule has 25 heavy (non-hydrogen) atoms. The van der Waals surface area contributed by atoms with Crippen molar-refractivity contribution in [2.45, 2.75) is 0 Å². The van der Waals surface area contributed by atoms with Crippen molar-refractivity contribution in [2.75, 3.05) is 46.4 Å². The molecule has 1 amide bonds. The van der Waals surface area contributed by atoms with Gasteiger partial charge in [-0.1, -0.05) is 34.1 Å². The van der Waals surface area contributed by atoms with E-state index < -0.39 is 0 Å². The van der Waals surface area contributed by atoms with Crippen molar-refractivity contribution in [1.82, 2.24) is 14.4 Å². The van der Waals surface area contributed by atoms with Crippen molar-refractivity contribution < 1.29 is 9.53 Å². The largest absolute Gasteiger partial charge is 0.383 e. The van der Waals surface area contributed by atoms with Crippen molar-refractivity contribution in [1.29, 1.82) is 0 Å². The van der Waals surface area contributed by atoms with E-state index >= 15 is 0 Å². The molecule has 1 saturated heterocycles. The van der Waals surface area contributed by atoms with E-state index in [9.17, 15) is 4.79 Å². The highest BCUT2D eigenvalue weighted by Crippen LogP contribution is 2.29. The van der Waals surface area contributed by atoms with E-state index in [0.29, 0.717) is 0 Å². The molecule has 0 N–H and O–H groups in total. The number of rotatable bonds is 5. The molecule has 1 fully saturated rings. The molecule has 3 rings (SSSR count). The SMILES string of the molecule is COCCN1CCN(C(=O)c2ccc(-c3ccccc3Br)n2C)CC1. The molecule has 1 aliphatic rings. The van der Waals surface area contributed by atoms with Gasteiger partial charge in [0.15, 0.2) is 0 Å². The second kappa shape index (κ2) is 8.17. The molecule has 1 aliphatic heterocycles. The summed E-state index contributed by atoms with van der Waals surface area (Å²) < 4.78 is 8.14. The molecular formula is C19H24BrN3O2. The lowest BCUT2D eigenvalue weighted by Gasteiger charge is -2.34. The molecule has 0 bridgehead atoms. The second-order valence-corrected chi connectivity index (χ2v) is 7.12. The third kappa shape index (κ3) is 3.97. The van der Waals surface area contributed by atoms with Gasteiger partial charge in [0, 0.05) is 62.6 Å². The zero-order chi connectivity index (χ0) is 17.8. The highest BCUT2D eigenvalue weighted by Gasteiger charge is 2.24. The zero-order valence-electron chi connectivity index (χ0n) is 14.7. The van der Waals surface area contributed by atoms with Gasteiger partial charge in [-0.05, 0) is 18.2 Å². The minimum absolute atomic E-state index is 0.104. The molecule has 0 aliphatic carbocycles. The van der Waals surface area contributed by atoms with Gasteiger partial charge in [0.05, 0.1) is 6.61 Å². The van der Waals surface area contributed by atoms with Gasteiger partial charge in [-0.2, -0.15) is 0 Å². The third-order valence-electron chi connectivity index (χ3n) is 4.76. The summed E-state index contributed by atoms with van der Waals surface area (Å²) >= 11 is 3.59. The molecule has 6 heteroatoms. The third-order valence-corrected chi connectivity index (χ3v) is 5.45. The van der Waals surface area contributed by atoms with Gasteiger partial charge >= 0.3 is 0 Å². The fourth-order valence-corrected chi connectivity index (χ4v) is 3.71. The molecular weight excluding hydrogens is 382 g/mol. The number of carbonyl (C=O) groups is 1. The quantitative estimate of drug-likeness (QED) is 0.767. The maximum Gasteiger partial charge on any atom is 0.270 e. The lowest BCUT2D eigenvalue weighted by atomic mass is 10.1. The Balaban J connectivity index is 1.71. The van der Waals surface area contributed by atoms with Crippen LogP contribution in [0.15, 0.2) is 40.9 Å². The van der Waals surface area contributed by atoms with Crippen LogP contribution in [0.3, 0.4) is 0 Å². The van der Waals surface area contributed by atoms with Gasteiger partial charge in [0.2, 0.25) is 0 Å². The summed E-state index contributed by atoms with van der Waals surface area (Å²) in [5, 5.41) is 0. The van der Waals surface area contributed by atoms with Crippen LogP contribution in [0, 0.1) is 0 Å². The van der Waals surface area contributed by atoms with E-state index in [0.717, 1.165) is 60.8 Å². The summed E-state index contributed by atoms with van der Waals surface area (Å²) in [6.45, 7) is 4.99. The van der Waals surface area contributed by atoms with Crippen LogP contribution in [0.4, 0.5) is 0 Å². The van der Waals surface area contributed by atoms with Crippen molar-refractivity contribution >= 4 is 21.8 Å². The van der Waals surface area contributed by atoms with Crippen LogP contribution >= 0.6 is 15.9 Å². The van der Waals surface area contributed by atoms with Crippen LogP contribution in [-0.2, 0) is 11.8 Å². The maximum atomic E-state index is 12.9. The van der Waals surface area contributed by atoms with Crippen molar-refractivity contribution in [3.05, 3.63) is 46.6 Å². The van der Waals surface area contributed by atoms with E-state index in [2.05, 4.69) is 26.9 Å². The lowest BCUT2D eigenvalue weighted by Crippen LogP contribution is -2.49. The summed E-state index contributed by atoms with van der Waals surface area (Å²) in [7, 11) is 3.68. The molecule has 0 radical (unpaired) electrons. The molecule has 2 aromatic rings. The number of piperazine rings is 1. The van der Waals surface area contributed by atoms with Gasteiger partial charge in [0.1, 0.15) is 5.69 Å². The summed E-state index contributed by atoms with van der Waals surface area (Å²) in [5.41, 5.74) is 2.86. The number of amides is 1. The van der Waals surface area contributed by atoms with Gasteiger partial charge in [0.25, 0.3) is 5.91 Å². The number of methoxy groups -OCH3 is 1. The van der Waals surface area contributed by atoms with E-state index in [1.165, 1.54) is 0 Å². The van der Waals surface area contributed by atoms with Gasteiger partial charge < -0.3 is 14.2 Å². The van der Waals surface area contributed by atoms with Gasteiger partial charge in [-0.25, -0.2) is 0 Å². The van der Waals surface area contributed by atoms with Crippen molar-refractivity contribution in [2.24, 2.45) is 7.05 Å². The standard InChI is InChI=1S/C19H24BrN3O2/c1-21-17(15-5-3-4-6-16(15)20)7-8-18(21)19(24)23-11-9-22(10-12-23)13-14-25-2/h3-8H,9-14H2,1-2H3. The van der Waals surface area contributed by atoms with Crippen LogP contribution in [-0.4, -0.2) is 66.7 Å². The Kier molecular flexibility index (Phi) is 5.93. The maximum absolute atomic E-state index is 12.9. The Morgan fingerprint density at radius 3 is 2.52 bits per heavy atom. The summed E-state index contributed by atoms with van der Waals surface area (Å²) in [5.74, 6) is 0.104. The molecule has 0 atom stereocenters. The molecule has 1 aromatic heterocycles. The average Bonchev–Trinajstić information content (AvgIpc) is 3.01. The molecule has 5 nitrogen and oxygen atoms in total. The first-order valence-corrected chi connectivity index (χ1v) is 9.32. The van der Waals surface area contributed by atoms with Crippen LogP contribution in [0.2, 0.25) is 0 Å². The van der Waals surface area contributed by atoms with E-state index in [1.54, 1.807) is 7.11 Å². The monoisotopic (exact) mass is 405 g/mol. The van der Waals surface area contributed by atoms with E-state index in [4.69, 9.17) is 4.74 Å². The number of aromatic nitrogens is 1. The summed E-state index contributed by atoms with van der Waals surface area (Å²) in [6, 6.07) is 12.0. The Bertz CT molecular complexity index is 736. The average molecular weight is 406 g/mol. The minimum Gasteiger partial charge on any atom is -0.383 e. The molecule has 2 heterocycles. The zero-order valence-corrected chi connectivity index (χ0v) is 16.3. The van der Waals surface area contributed by atoms with Crippen LogP contribution in [0.1, 0.15) is 10.5 Å². The number of carbonyl (C=O) groups excluding carboxylic acids is 1. The molecule has 0 saturated carbocycles. The summed E-state index contributed by atoms with van der Waals surface area (Å²) in [4.78, 5) is 17.2. The van der Waals surface area contributed by atoms with Gasteiger partial charge in [-0.15, -0.1) is 0 Å². The smallest absolute Gasteiger partial charge is 0.270 e. The number of hydrogen-bond donors (Lipinski definition) is 0. The van der Waals surface area contributed by atoms with Crippen molar-refractivity contribution in [3.63, 3.8) is 0 Å². The number of hydrogen-bond acceptors (Lipinski definition) is 3.